The number of thioether (sulfide) groups is 1. The van der Waals surface area contributed by atoms with Gasteiger partial charge >= 0.3 is 0 Å². The van der Waals surface area contributed by atoms with Crippen molar-refractivity contribution in [1.82, 2.24) is 20.1 Å². The largest absolute Gasteiger partial charge is 0.356 e. The number of aromatic nitrogens is 3. The van der Waals surface area contributed by atoms with Crippen LogP contribution >= 0.6 is 11.8 Å². The van der Waals surface area contributed by atoms with E-state index in [9.17, 15) is 9.59 Å². The average molecular weight is 443 g/mol. The molecule has 0 bridgehead atoms. The molecule has 160 valence electrons. The Morgan fingerprint density at radius 2 is 1.66 bits per heavy atom. The third-order valence-corrected chi connectivity index (χ3v) is 6.65. The monoisotopic (exact) mass is 442 g/mol. The molecule has 2 aromatic heterocycles. The maximum atomic E-state index is 12.8. The molecule has 2 aromatic carbocycles. The molecule has 6 nitrogen and oxygen atoms in total. The van der Waals surface area contributed by atoms with Crippen molar-refractivity contribution in [3.8, 4) is 11.3 Å². The van der Waals surface area contributed by atoms with Gasteiger partial charge in [-0.2, -0.15) is 0 Å². The van der Waals surface area contributed by atoms with E-state index in [1.807, 2.05) is 59.5 Å². The molecule has 1 aliphatic heterocycles. The van der Waals surface area contributed by atoms with Crippen molar-refractivity contribution in [2.75, 3.05) is 18.8 Å². The number of benzene rings is 2. The molecule has 0 aliphatic carbocycles. The van der Waals surface area contributed by atoms with E-state index in [1.165, 1.54) is 11.8 Å². The number of ketones is 1. The normalized spacial score (nSPS) is 13.6. The molecule has 32 heavy (non-hydrogen) atoms. The molecule has 1 saturated heterocycles. The van der Waals surface area contributed by atoms with Crippen LogP contribution < -0.4 is 0 Å². The number of hydrogen-bond donors (Lipinski definition) is 1. The first-order chi connectivity index (χ1) is 15.7. The summed E-state index contributed by atoms with van der Waals surface area (Å²) in [5.74, 6) is 0.130. The minimum atomic E-state index is -0.0512. The summed E-state index contributed by atoms with van der Waals surface area (Å²) in [6.07, 6.45) is 3.69. The van der Waals surface area contributed by atoms with E-state index in [1.54, 1.807) is 12.3 Å². The summed E-state index contributed by atoms with van der Waals surface area (Å²) >= 11 is 1.37. The Bertz CT molecular complexity index is 1280. The van der Waals surface area contributed by atoms with E-state index >= 15 is 0 Å². The van der Waals surface area contributed by atoms with Gasteiger partial charge in [-0.1, -0.05) is 66.4 Å². The predicted molar refractivity (Wildman–Crippen MR) is 126 cm³/mol. The van der Waals surface area contributed by atoms with Crippen LogP contribution in [0.3, 0.4) is 0 Å². The van der Waals surface area contributed by atoms with E-state index in [0.717, 1.165) is 53.0 Å². The molecule has 1 N–H and O–H groups in total. The molecule has 0 radical (unpaired) electrons. The van der Waals surface area contributed by atoms with Crippen molar-refractivity contribution < 1.29 is 9.59 Å². The Labute approximate surface area is 190 Å². The molecule has 0 unspecified atom stereocenters. The fourth-order valence-electron chi connectivity index (χ4n) is 3.98. The standard InChI is InChI=1S/C25H22N4O2S/c30-22(18-14-21(26-15-18)25(31)29-12-6-7-13-29)16-32-24-20-11-5-4-10-19(20)23(27-28-24)17-8-2-1-3-9-17/h1-5,8-11,14-15,26H,6-7,12-13,16H2. The number of nitrogens with one attached hydrogen (secondary N) is 1. The third-order valence-electron chi connectivity index (χ3n) is 5.67. The van der Waals surface area contributed by atoms with Crippen LogP contribution in [0.15, 0.2) is 71.9 Å². The summed E-state index contributed by atoms with van der Waals surface area (Å²) in [5, 5.41) is 11.6. The third kappa shape index (κ3) is 4.03. The smallest absolute Gasteiger partial charge is 0.270 e. The van der Waals surface area contributed by atoms with Crippen LogP contribution in [0.2, 0.25) is 0 Å². The summed E-state index contributed by atoms with van der Waals surface area (Å²) in [7, 11) is 0. The predicted octanol–water partition coefficient (Wildman–Crippen LogP) is 4.84. The second kappa shape index (κ2) is 8.96. The Balaban J connectivity index is 1.34. The minimum absolute atomic E-state index is 0.0393. The molecule has 7 heteroatoms. The number of hydrogen-bond acceptors (Lipinski definition) is 5. The van der Waals surface area contributed by atoms with E-state index in [-0.39, 0.29) is 17.4 Å². The van der Waals surface area contributed by atoms with Gasteiger partial charge in [0.15, 0.2) is 5.78 Å². The highest BCUT2D eigenvalue weighted by atomic mass is 32.2. The number of amides is 1. The molecule has 4 aromatic rings. The SMILES string of the molecule is O=C(CSc1nnc(-c2ccccc2)c2ccccc12)c1c[nH]c(C(=O)N2CCCC2)c1. The molecule has 0 atom stereocenters. The van der Waals surface area contributed by atoms with E-state index in [0.29, 0.717) is 11.3 Å². The Kier molecular flexibility index (Phi) is 5.73. The maximum Gasteiger partial charge on any atom is 0.270 e. The van der Waals surface area contributed by atoms with Gasteiger partial charge in [-0.25, -0.2) is 0 Å². The highest BCUT2D eigenvalue weighted by Crippen LogP contribution is 2.32. The lowest BCUT2D eigenvalue weighted by molar-refractivity contribution is 0.0787. The van der Waals surface area contributed by atoms with Crippen molar-refractivity contribution in [2.45, 2.75) is 17.9 Å². The van der Waals surface area contributed by atoms with Crippen molar-refractivity contribution in [1.29, 1.82) is 0 Å². The molecular formula is C25H22N4O2S. The van der Waals surface area contributed by atoms with Crippen molar-refractivity contribution in [2.24, 2.45) is 0 Å². The highest BCUT2D eigenvalue weighted by Gasteiger charge is 2.22. The van der Waals surface area contributed by atoms with Gasteiger partial charge in [-0.15, -0.1) is 10.2 Å². The lowest BCUT2D eigenvalue weighted by atomic mass is 10.1. The van der Waals surface area contributed by atoms with Crippen molar-refractivity contribution in [3.63, 3.8) is 0 Å². The zero-order valence-electron chi connectivity index (χ0n) is 17.5. The van der Waals surface area contributed by atoms with Gasteiger partial charge in [-0.3, -0.25) is 9.59 Å². The van der Waals surface area contributed by atoms with Gasteiger partial charge in [0.25, 0.3) is 5.91 Å². The molecule has 5 rings (SSSR count). The fourth-order valence-corrected chi connectivity index (χ4v) is 4.85. The van der Waals surface area contributed by atoms with Crippen LogP contribution in [0.4, 0.5) is 0 Å². The first-order valence-electron chi connectivity index (χ1n) is 10.7. The second-order valence-corrected chi connectivity index (χ2v) is 8.74. The van der Waals surface area contributed by atoms with Crippen LogP contribution in [0.1, 0.15) is 33.7 Å². The number of carbonyl (C=O) groups is 2. The van der Waals surface area contributed by atoms with Crippen molar-refractivity contribution >= 4 is 34.2 Å². The number of rotatable bonds is 6. The van der Waals surface area contributed by atoms with Crippen LogP contribution in [-0.2, 0) is 0 Å². The van der Waals surface area contributed by atoms with Gasteiger partial charge < -0.3 is 9.88 Å². The zero-order chi connectivity index (χ0) is 21.9. The van der Waals surface area contributed by atoms with Gasteiger partial charge in [0.2, 0.25) is 0 Å². The minimum Gasteiger partial charge on any atom is -0.356 e. The summed E-state index contributed by atoms with van der Waals surface area (Å²) in [6.45, 7) is 1.56. The molecule has 1 fully saturated rings. The first-order valence-corrected chi connectivity index (χ1v) is 11.6. The topological polar surface area (TPSA) is 79.0 Å². The summed E-state index contributed by atoms with van der Waals surface area (Å²) in [4.78, 5) is 30.1. The van der Waals surface area contributed by atoms with Crippen LogP contribution in [-0.4, -0.2) is 50.6 Å². The summed E-state index contributed by atoms with van der Waals surface area (Å²) in [5.41, 5.74) is 2.81. The zero-order valence-corrected chi connectivity index (χ0v) is 18.3. The quantitative estimate of drug-likeness (QED) is 0.342. The number of aromatic amines is 1. The number of fused-ring (bicyclic) bond motifs is 1. The van der Waals surface area contributed by atoms with Gasteiger partial charge in [0.05, 0.1) is 5.75 Å². The molecular weight excluding hydrogens is 420 g/mol. The number of carbonyl (C=O) groups excluding carboxylic acids is 2. The van der Waals surface area contributed by atoms with E-state index in [4.69, 9.17) is 0 Å². The number of likely N-dealkylation sites (tertiary alicyclic amines) is 1. The number of nitrogens with zero attached hydrogens (tertiary/aromatic N) is 3. The lowest BCUT2D eigenvalue weighted by Crippen LogP contribution is -2.27. The number of H-pyrrole nitrogens is 1. The lowest BCUT2D eigenvalue weighted by Gasteiger charge is -2.13. The summed E-state index contributed by atoms with van der Waals surface area (Å²) in [6, 6.07) is 19.6. The van der Waals surface area contributed by atoms with Crippen molar-refractivity contribution in [3.05, 3.63) is 78.1 Å². The van der Waals surface area contributed by atoms with Gasteiger partial charge in [0.1, 0.15) is 16.4 Å². The summed E-state index contributed by atoms with van der Waals surface area (Å²) < 4.78 is 0. The molecule has 0 saturated carbocycles. The van der Waals surface area contributed by atoms with Gasteiger partial charge in [0, 0.05) is 41.2 Å². The van der Waals surface area contributed by atoms with E-state index in [2.05, 4.69) is 15.2 Å². The molecule has 0 spiro atoms. The molecule has 3 heterocycles. The molecule has 1 amide bonds. The maximum absolute atomic E-state index is 12.8. The van der Waals surface area contributed by atoms with Gasteiger partial charge in [-0.05, 0) is 18.9 Å². The number of Topliss-reactive ketones (excluding diaryl/α,β-unsaturated/α-hetero) is 1. The van der Waals surface area contributed by atoms with Crippen LogP contribution in [0, 0.1) is 0 Å². The highest BCUT2D eigenvalue weighted by molar-refractivity contribution is 8.00. The van der Waals surface area contributed by atoms with E-state index < -0.39 is 0 Å². The first kappa shape index (κ1) is 20.5. The second-order valence-electron chi connectivity index (χ2n) is 7.78. The Morgan fingerprint density at radius 1 is 0.938 bits per heavy atom. The van der Waals surface area contributed by atoms with Crippen LogP contribution in [0.5, 0.6) is 0 Å². The fraction of sp³-hybridized carbons (Fsp3) is 0.200. The Morgan fingerprint density at radius 3 is 2.44 bits per heavy atom. The Hall–Kier alpha value is -3.45. The molecule has 1 aliphatic rings. The van der Waals surface area contributed by atoms with Crippen LogP contribution in [0.25, 0.3) is 22.0 Å². The average Bonchev–Trinajstić information content (AvgIpc) is 3.55.